The number of carbonyl (C=O) groups is 1. The lowest BCUT2D eigenvalue weighted by molar-refractivity contribution is 0.0743. The molecule has 0 aromatic carbocycles. The molecule has 1 fully saturated rings. The van der Waals surface area contributed by atoms with Crippen LogP contribution in [0.2, 0.25) is 0 Å². The van der Waals surface area contributed by atoms with Gasteiger partial charge in [-0.1, -0.05) is 20.8 Å². The zero-order valence-electron chi connectivity index (χ0n) is 14.3. The van der Waals surface area contributed by atoms with Crippen molar-refractivity contribution in [3.05, 3.63) is 17.5 Å². The Morgan fingerprint density at radius 2 is 2.23 bits per heavy atom. The number of hydrogen-bond donors (Lipinski definition) is 0. The van der Waals surface area contributed by atoms with Crippen LogP contribution in [-0.2, 0) is 11.3 Å². The highest BCUT2D eigenvalue weighted by molar-refractivity contribution is 5.93. The Morgan fingerprint density at radius 3 is 2.86 bits per heavy atom. The van der Waals surface area contributed by atoms with Crippen molar-refractivity contribution in [1.29, 1.82) is 0 Å². The lowest BCUT2D eigenvalue weighted by Crippen LogP contribution is -2.31. The van der Waals surface area contributed by atoms with E-state index < -0.39 is 0 Å². The van der Waals surface area contributed by atoms with Crippen LogP contribution in [0.15, 0.2) is 6.07 Å². The number of aromatic nitrogens is 2. The van der Waals surface area contributed by atoms with Gasteiger partial charge in [0.1, 0.15) is 5.69 Å². The second-order valence-electron chi connectivity index (χ2n) is 6.41. The summed E-state index contributed by atoms with van der Waals surface area (Å²) < 4.78 is 7.46. The van der Waals surface area contributed by atoms with Crippen molar-refractivity contribution in [2.24, 2.45) is 5.92 Å². The van der Waals surface area contributed by atoms with Gasteiger partial charge >= 0.3 is 0 Å². The van der Waals surface area contributed by atoms with Gasteiger partial charge in [0.25, 0.3) is 5.91 Å². The number of aryl methyl sites for hydroxylation is 1. The SMILES string of the molecule is CCCOCC1CCN(C(=O)c2cc(C(C)C)nn2CC)C1. The molecule has 0 spiro atoms. The zero-order chi connectivity index (χ0) is 16.1. The molecule has 1 amide bonds. The van der Waals surface area contributed by atoms with Gasteiger partial charge in [-0.05, 0) is 31.7 Å². The van der Waals surface area contributed by atoms with Crippen LogP contribution in [0, 0.1) is 5.92 Å². The van der Waals surface area contributed by atoms with E-state index >= 15 is 0 Å². The Labute approximate surface area is 133 Å². The van der Waals surface area contributed by atoms with Gasteiger partial charge in [0.2, 0.25) is 0 Å². The van der Waals surface area contributed by atoms with Crippen LogP contribution in [0.5, 0.6) is 0 Å². The van der Waals surface area contributed by atoms with E-state index in [1.165, 1.54) is 0 Å². The smallest absolute Gasteiger partial charge is 0.272 e. The van der Waals surface area contributed by atoms with Gasteiger partial charge in [-0.3, -0.25) is 9.48 Å². The van der Waals surface area contributed by atoms with Crippen molar-refractivity contribution in [1.82, 2.24) is 14.7 Å². The molecule has 5 nitrogen and oxygen atoms in total. The van der Waals surface area contributed by atoms with Crippen LogP contribution in [0.25, 0.3) is 0 Å². The summed E-state index contributed by atoms with van der Waals surface area (Å²) in [4.78, 5) is 14.7. The Morgan fingerprint density at radius 1 is 1.45 bits per heavy atom. The molecule has 1 unspecified atom stereocenters. The topological polar surface area (TPSA) is 47.4 Å². The minimum absolute atomic E-state index is 0.110. The Balaban J connectivity index is 2.00. The number of rotatable bonds is 7. The molecule has 0 N–H and O–H groups in total. The molecule has 22 heavy (non-hydrogen) atoms. The van der Waals surface area contributed by atoms with E-state index in [4.69, 9.17) is 4.74 Å². The van der Waals surface area contributed by atoms with E-state index in [2.05, 4.69) is 25.9 Å². The summed E-state index contributed by atoms with van der Waals surface area (Å²) in [7, 11) is 0. The molecule has 1 aliphatic rings. The van der Waals surface area contributed by atoms with E-state index in [-0.39, 0.29) is 5.91 Å². The molecule has 0 saturated carbocycles. The quantitative estimate of drug-likeness (QED) is 0.728. The van der Waals surface area contributed by atoms with Gasteiger partial charge in [-0.2, -0.15) is 5.10 Å². The van der Waals surface area contributed by atoms with Crippen LogP contribution in [0.1, 0.15) is 62.6 Å². The van der Waals surface area contributed by atoms with Gasteiger partial charge < -0.3 is 9.64 Å². The molecule has 0 radical (unpaired) electrons. The third kappa shape index (κ3) is 3.88. The maximum Gasteiger partial charge on any atom is 0.272 e. The highest BCUT2D eigenvalue weighted by Crippen LogP contribution is 2.21. The molecule has 1 aromatic heterocycles. The molecule has 2 rings (SSSR count). The molecule has 1 aliphatic heterocycles. The highest BCUT2D eigenvalue weighted by atomic mass is 16.5. The number of likely N-dealkylation sites (tertiary alicyclic amines) is 1. The van der Waals surface area contributed by atoms with Crippen LogP contribution in [0.4, 0.5) is 0 Å². The summed E-state index contributed by atoms with van der Waals surface area (Å²) in [5.41, 5.74) is 1.72. The van der Waals surface area contributed by atoms with Gasteiger partial charge in [-0.15, -0.1) is 0 Å². The molecule has 124 valence electrons. The Bertz CT molecular complexity index is 496. The summed E-state index contributed by atoms with van der Waals surface area (Å²) in [6.07, 6.45) is 2.08. The van der Waals surface area contributed by atoms with Gasteiger partial charge in [0.05, 0.1) is 12.3 Å². The van der Waals surface area contributed by atoms with Crippen LogP contribution in [-0.4, -0.2) is 46.9 Å². The van der Waals surface area contributed by atoms with E-state index in [1.54, 1.807) is 0 Å². The lowest BCUT2D eigenvalue weighted by atomic mass is 10.1. The number of ether oxygens (including phenoxy) is 1. The minimum atomic E-state index is 0.110. The average molecular weight is 307 g/mol. The van der Waals surface area contributed by atoms with Gasteiger partial charge in [0, 0.05) is 32.2 Å². The van der Waals surface area contributed by atoms with Crippen LogP contribution < -0.4 is 0 Å². The number of amides is 1. The monoisotopic (exact) mass is 307 g/mol. The zero-order valence-corrected chi connectivity index (χ0v) is 14.3. The first kappa shape index (κ1) is 17.0. The van der Waals surface area contributed by atoms with Crippen molar-refractivity contribution in [2.45, 2.75) is 53.0 Å². The molecule has 0 bridgehead atoms. The number of carbonyl (C=O) groups excluding carboxylic acids is 1. The molecular formula is C17H29N3O2. The summed E-state index contributed by atoms with van der Waals surface area (Å²) in [6.45, 7) is 12.3. The first-order valence-electron chi connectivity index (χ1n) is 8.51. The third-order valence-corrected chi connectivity index (χ3v) is 4.18. The van der Waals surface area contributed by atoms with Gasteiger partial charge in [-0.25, -0.2) is 0 Å². The summed E-state index contributed by atoms with van der Waals surface area (Å²) in [5, 5.41) is 4.54. The predicted molar refractivity (Wildman–Crippen MR) is 87.1 cm³/mol. The minimum Gasteiger partial charge on any atom is -0.381 e. The molecule has 5 heteroatoms. The van der Waals surface area contributed by atoms with Crippen molar-refractivity contribution >= 4 is 5.91 Å². The van der Waals surface area contributed by atoms with E-state index in [1.807, 2.05) is 22.6 Å². The summed E-state index contributed by atoms with van der Waals surface area (Å²) >= 11 is 0. The fourth-order valence-electron chi connectivity index (χ4n) is 2.84. The number of hydrogen-bond acceptors (Lipinski definition) is 3. The fourth-order valence-corrected chi connectivity index (χ4v) is 2.84. The van der Waals surface area contributed by atoms with Crippen molar-refractivity contribution in [2.75, 3.05) is 26.3 Å². The standard InChI is InChI=1S/C17H29N3O2/c1-5-9-22-12-14-7-8-19(11-14)17(21)16-10-15(13(3)4)18-20(16)6-2/h10,13-14H,5-9,11-12H2,1-4H3. The molecule has 0 aliphatic carbocycles. The maximum absolute atomic E-state index is 12.8. The predicted octanol–water partition coefficient (Wildman–Crippen LogP) is 2.92. The average Bonchev–Trinajstić information content (AvgIpc) is 3.13. The summed E-state index contributed by atoms with van der Waals surface area (Å²) in [6, 6.07) is 1.96. The first-order valence-corrected chi connectivity index (χ1v) is 8.51. The third-order valence-electron chi connectivity index (χ3n) is 4.18. The first-order chi connectivity index (χ1) is 10.6. The molecule has 1 saturated heterocycles. The normalized spacial score (nSPS) is 18.4. The fraction of sp³-hybridized carbons (Fsp3) is 0.765. The van der Waals surface area contributed by atoms with Crippen LogP contribution >= 0.6 is 0 Å². The Kier molecular flexibility index (Phi) is 6.00. The van der Waals surface area contributed by atoms with Crippen molar-refractivity contribution in [3.63, 3.8) is 0 Å². The lowest BCUT2D eigenvalue weighted by Gasteiger charge is -2.17. The van der Waals surface area contributed by atoms with Gasteiger partial charge in [0.15, 0.2) is 0 Å². The second kappa shape index (κ2) is 7.77. The molecular weight excluding hydrogens is 278 g/mol. The Hall–Kier alpha value is -1.36. The van der Waals surface area contributed by atoms with Crippen molar-refractivity contribution in [3.8, 4) is 0 Å². The molecule has 1 aromatic rings. The number of nitrogens with zero attached hydrogens (tertiary/aromatic N) is 3. The largest absolute Gasteiger partial charge is 0.381 e. The maximum atomic E-state index is 12.8. The van der Waals surface area contributed by atoms with E-state index in [9.17, 15) is 4.79 Å². The molecule has 1 atom stereocenters. The summed E-state index contributed by atoms with van der Waals surface area (Å²) in [5.74, 6) is 0.922. The van der Waals surface area contributed by atoms with Crippen molar-refractivity contribution < 1.29 is 9.53 Å². The van der Waals surface area contributed by atoms with E-state index in [0.717, 1.165) is 57.1 Å². The second-order valence-corrected chi connectivity index (χ2v) is 6.41. The van der Waals surface area contributed by atoms with E-state index in [0.29, 0.717) is 11.8 Å². The molecule has 2 heterocycles. The van der Waals surface area contributed by atoms with Crippen LogP contribution in [0.3, 0.4) is 0 Å². The highest BCUT2D eigenvalue weighted by Gasteiger charge is 2.29.